The molecule has 1 aliphatic rings. The van der Waals surface area contributed by atoms with Gasteiger partial charge in [0.25, 0.3) is 0 Å². The number of hydrogen-bond donors (Lipinski definition) is 2. The first-order chi connectivity index (χ1) is 9.61. The lowest BCUT2D eigenvalue weighted by Crippen LogP contribution is -2.40. The van der Waals surface area contributed by atoms with E-state index in [-0.39, 0.29) is 5.92 Å². The first kappa shape index (κ1) is 14.0. The van der Waals surface area contributed by atoms with Crippen molar-refractivity contribution >= 4 is 11.8 Å². The van der Waals surface area contributed by atoms with Crippen LogP contribution in [0.2, 0.25) is 0 Å². The van der Waals surface area contributed by atoms with Crippen LogP contribution in [0.25, 0.3) is 0 Å². The van der Waals surface area contributed by atoms with Gasteiger partial charge in [0.15, 0.2) is 0 Å². The van der Waals surface area contributed by atoms with Gasteiger partial charge in [0.2, 0.25) is 0 Å². The van der Waals surface area contributed by atoms with Gasteiger partial charge in [-0.15, -0.1) is 0 Å². The Morgan fingerprint density at radius 3 is 3.10 bits per heavy atom. The fourth-order valence-electron chi connectivity index (χ4n) is 2.37. The smallest absolute Gasteiger partial charge is 0.407 e. The molecule has 1 aromatic rings. The van der Waals surface area contributed by atoms with Crippen molar-refractivity contribution in [3.8, 4) is 11.8 Å². The normalized spacial score (nSPS) is 18.4. The number of hydrogen-bond acceptors (Lipinski definition) is 4. The van der Waals surface area contributed by atoms with Gasteiger partial charge in [0.1, 0.15) is 17.4 Å². The van der Waals surface area contributed by atoms with Crippen LogP contribution in [-0.2, 0) is 0 Å². The summed E-state index contributed by atoms with van der Waals surface area (Å²) in [5.41, 5.74) is 6.44. The second-order valence-corrected chi connectivity index (χ2v) is 4.88. The van der Waals surface area contributed by atoms with Crippen molar-refractivity contribution < 1.29 is 14.6 Å². The average molecular weight is 275 g/mol. The number of carbonyl (C=O) groups is 1. The molecular weight excluding hydrogens is 258 g/mol. The molecule has 0 aliphatic carbocycles. The quantitative estimate of drug-likeness (QED) is 0.821. The van der Waals surface area contributed by atoms with Crippen molar-refractivity contribution in [1.82, 2.24) is 4.90 Å². The third kappa shape index (κ3) is 3.12. The molecule has 2 rings (SSSR count). The van der Waals surface area contributed by atoms with Crippen LogP contribution in [-0.4, -0.2) is 35.8 Å². The minimum absolute atomic E-state index is 0.146. The number of nitrogen functional groups attached to an aromatic ring is 1. The van der Waals surface area contributed by atoms with E-state index in [0.29, 0.717) is 36.7 Å². The Bertz CT molecular complexity index is 539. The molecule has 1 fully saturated rings. The molecule has 3 N–H and O–H groups in total. The average Bonchev–Trinajstić information content (AvgIpc) is 2.45. The highest BCUT2D eigenvalue weighted by molar-refractivity contribution is 5.65. The first-order valence-electron chi connectivity index (χ1n) is 6.51. The lowest BCUT2D eigenvalue weighted by molar-refractivity contribution is 0.105. The highest BCUT2D eigenvalue weighted by Gasteiger charge is 2.23. The maximum Gasteiger partial charge on any atom is 0.407 e. The third-order valence-corrected chi connectivity index (χ3v) is 3.43. The van der Waals surface area contributed by atoms with E-state index in [0.717, 1.165) is 12.8 Å². The molecule has 20 heavy (non-hydrogen) atoms. The summed E-state index contributed by atoms with van der Waals surface area (Å²) in [6.07, 6.45) is 0.868. The third-order valence-electron chi connectivity index (χ3n) is 3.43. The number of anilines is 1. The monoisotopic (exact) mass is 275 g/mol. The number of rotatable bonds is 3. The van der Waals surface area contributed by atoms with Gasteiger partial charge in [-0.05, 0) is 25.0 Å². The molecule has 0 bridgehead atoms. The molecule has 1 unspecified atom stereocenters. The van der Waals surface area contributed by atoms with E-state index in [1.807, 2.05) is 6.07 Å². The Labute approximate surface area is 117 Å². The molecule has 0 aromatic heterocycles. The van der Waals surface area contributed by atoms with Gasteiger partial charge in [0, 0.05) is 19.0 Å². The standard InChI is InChI=1S/C14H17N3O3/c15-7-11-12(16)4-1-5-13(11)20-9-10-3-2-6-17(8-10)14(18)19/h1,4-5,10H,2-3,6,8-9,16H2,(H,18,19). The Kier molecular flexibility index (Phi) is 4.31. The number of nitrogens with zero attached hydrogens (tertiary/aromatic N) is 2. The van der Waals surface area contributed by atoms with Crippen LogP contribution in [0.1, 0.15) is 18.4 Å². The van der Waals surface area contributed by atoms with E-state index in [1.165, 1.54) is 4.90 Å². The van der Waals surface area contributed by atoms with E-state index >= 15 is 0 Å². The second-order valence-electron chi connectivity index (χ2n) is 4.88. The fraction of sp³-hybridized carbons (Fsp3) is 0.429. The van der Waals surface area contributed by atoms with Crippen LogP contribution >= 0.6 is 0 Å². The number of carboxylic acid groups (broad SMARTS) is 1. The Hall–Kier alpha value is -2.42. The second kappa shape index (κ2) is 6.15. The maximum atomic E-state index is 10.9. The number of nitrogens with two attached hydrogens (primary N) is 1. The number of nitriles is 1. The number of ether oxygens (including phenoxy) is 1. The molecular formula is C14H17N3O3. The van der Waals surface area contributed by atoms with Crippen molar-refractivity contribution in [2.24, 2.45) is 5.92 Å². The molecule has 0 radical (unpaired) electrons. The number of benzene rings is 1. The number of amides is 1. The molecule has 6 nitrogen and oxygen atoms in total. The van der Waals surface area contributed by atoms with Crippen molar-refractivity contribution in [3.63, 3.8) is 0 Å². The van der Waals surface area contributed by atoms with Gasteiger partial charge in [-0.3, -0.25) is 0 Å². The Morgan fingerprint density at radius 1 is 1.60 bits per heavy atom. The lowest BCUT2D eigenvalue weighted by Gasteiger charge is -2.30. The van der Waals surface area contributed by atoms with Crippen LogP contribution in [0.4, 0.5) is 10.5 Å². The fourth-order valence-corrected chi connectivity index (χ4v) is 2.37. The van der Waals surface area contributed by atoms with Gasteiger partial charge in [-0.1, -0.05) is 6.07 Å². The highest BCUT2D eigenvalue weighted by atomic mass is 16.5. The zero-order chi connectivity index (χ0) is 14.5. The van der Waals surface area contributed by atoms with Crippen LogP contribution in [0, 0.1) is 17.2 Å². The van der Waals surface area contributed by atoms with Crippen LogP contribution in [0.15, 0.2) is 18.2 Å². The van der Waals surface area contributed by atoms with Gasteiger partial charge in [0.05, 0.1) is 12.3 Å². The van der Waals surface area contributed by atoms with E-state index in [4.69, 9.17) is 20.8 Å². The lowest BCUT2D eigenvalue weighted by atomic mass is 9.99. The predicted octanol–water partition coefficient (Wildman–Crippen LogP) is 1.91. The zero-order valence-electron chi connectivity index (χ0n) is 11.1. The minimum atomic E-state index is -0.892. The molecule has 0 saturated carbocycles. The van der Waals surface area contributed by atoms with Gasteiger partial charge >= 0.3 is 6.09 Å². The van der Waals surface area contributed by atoms with Crippen LogP contribution < -0.4 is 10.5 Å². The van der Waals surface area contributed by atoms with Crippen molar-refractivity contribution in [2.75, 3.05) is 25.4 Å². The topological polar surface area (TPSA) is 99.6 Å². The summed E-state index contributed by atoms with van der Waals surface area (Å²) in [7, 11) is 0. The van der Waals surface area contributed by atoms with Crippen molar-refractivity contribution in [1.29, 1.82) is 5.26 Å². The molecule has 0 spiro atoms. The highest BCUT2D eigenvalue weighted by Crippen LogP contribution is 2.25. The van der Waals surface area contributed by atoms with Gasteiger partial charge in [-0.25, -0.2) is 4.79 Å². The largest absolute Gasteiger partial charge is 0.492 e. The predicted molar refractivity (Wildman–Crippen MR) is 73.4 cm³/mol. The molecule has 1 atom stereocenters. The van der Waals surface area contributed by atoms with Gasteiger partial charge < -0.3 is 20.5 Å². The van der Waals surface area contributed by atoms with E-state index in [9.17, 15) is 4.79 Å². The summed E-state index contributed by atoms with van der Waals surface area (Å²) in [5.74, 6) is 0.604. The molecule has 106 valence electrons. The molecule has 6 heteroatoms. The maximum absolute atomic E-state index is 10.9. The Balaban J connectivity index is 1.97. The van der Waals surface area contributed by atoms with E-state index in [1.54, 1.807) is 18.2 Å². The first-order valence-corrected chi connectivity index (χ1v) is 6.51. The Morgan fingerprint density at radius 2 is 2.40 bits per heavy atom. The van der Waals surface area contributed by atoms with E-state index in [2.05, 4.69) is 0 Å². The molecule has 1 amide bonds. The summed E-state index contributed by atoms with van der Waals surface area (Å²) in [6.45, 7) is 1.44. The summed E-state index contributed by atoms with van der Waals surface area (Å²) in [6, 6.07) is 7.11. The summed E-state index contributed by atoms with van der Waals surface area (Å²) in [5, 5.41) is 18.0. The number of likely N-dealkylation sites (tertiary alicyclic amines) is 1. The molecule has 1 heterocycles. The molecule has 1 aliphatic heterocycles. The van der Waals surface area contributed by atoms with Gasteiger partial charge in [-0.2, -0.15) is 5.26 Å². The zero-order valence-corrected chi connectivity index (χ0v) is 11.1. The van der Waals surface area contributed by atoms with Crippen LogP contribution in [0.3, 0.4) is 0 Å². The van der Waals surface area contributed by atoms with E-state index < -0.39 is 6.09 Å². The van der Waals surface area contributed by atoms with Crippen molar-refractivity contribution in [2.45, 2.75) is 12.8 Å². The summed E-state index contributed by atoms with van der Waals surface area (Å²) >= 11 is 0. The summed E-state index contributed by atoms with van der Waals surface area (Å²) < 4.78 is 5.65. The number of piperidine rings is 1. The SMILES string of the molecule is N#Cc1c(N)cccc1OCC1CCCN(C(=O)O)C1. The summed E-state index contributed by atoms with van der Waals surface area (Å²) in [4.78, 5) is 12.3. The minimum Gasteiger partial charge on any atom is -0.492 e. The van der Waals surface area contributed by atoms with Crippen LogP contribution in [0.5, 0.6) is 5.75 Å². The van der Waals surface area contributed by atoms with Crippen molar-refractivity contribution in [3.05, 3.63) is 23.8 Å². The molecule has 1 saturated heterocycles. The molecule has 1 aromatic carbocycles.